The molecular weight excluding hydrogens is 269 g/mol. The van der Waals surface area contributed by atoms with Gasteiger partial charge in [-0.15, -0.1) is 0 Å². The maximum Gasteiger partial charge on any atom is 0.162 e. The fraction of sp³-hybridized carbons (Fsp3) is 0.143. The molecule has 0 saturated carbocycles. The van der Waals surface area contributed by atoms with Crippen LogP contribution in [0, 0.1) is 5.82 Å². The van der Waals surface area contributed by atoms with E-state index in [1.807, 2.05) is 0 Å². The number of Topliss-reactive ketones (excluding diaryl/α,β-unsaturated/α-hetero) is 1. The molecule has 0 aliphatic rings. The zero-order valence-electron chi connectivity index (χ0n) is 10.2. The minimum Gasteiger partial charge on any atom is -0.489 e. The van der Waals surface area contributed by atoms with E-state index in [0.29, 0.717) is 10.9 Å². The highest BCUT2D eigenvalue weighted by Gasteiger charge is 2.08. The SMILES string of the molecule is CC(=O)c1ccc(OCc2ccc(Cl)nc2)cc1F. The van der Waals surface area contributed by atoms with E-state index in [9.17, 15) is 9.18 Å². The molecule has 98 valence electrons. The number of hydrogen-bond donors (Lipinski definition) is 0. The summed E-state index contributed by atoms with van der Waals surface area (Å²) in [5.41, 5.74) is 0.876. The molecule has 1 aromatic carbocycles. The van der Waals surface area contributed by atoms with E-state index in [2.05, 4.69) is 4.98 Å². The van der Waals surface area contributed by atoms with Crippen molar-refractivity contribution < 1.29 is 13.9 Å². The second-order valence-electron chi connectivity index (χ2n) is 3.98. The predicted octanol–water partition coefficient (Wildman–Crippen LogP) is 3.66. The Morgan fingerprint density at radius 3 is 2.74 bits per heavy atom. The molecule has 0 saturated heterocycles. The monoisotopic (exact) mass is 279 g/mol. The van der Waals surface area contributed by atoms with Crippen LogP contribution >= 0.6 is 11.6 Å². The molecule has 0 unspecified atom stereocenters. The number of nitrogens with zero attached hydrogens (tertiary/aromatic N) is 1. The van der Waals surface area contributed by atoms with E-state index in [1.165, 1.54) is 19.1 Å². The molecule has 0 spiro atoms. The Kier molecular flexibility index (Phi) is 4.12. The number of pyridine rings is 1. The molecular formula is C14H11ClFNO2. The van der Waals surface area contributed by atoms with Crippen molar-refractivity contribution in [2.45, 2.75) is 13.5 Å². The van der Waals surface area contributed by atoms with Gasteiger partial charge >= 0.3 is 0 Å². The largest absolute Gasteiger partial charge is 0.489 e. The third-order valence-corrected chi connectivity index (χ3v) is 2.74. The Morgan fingerprint density at radius 1 is 1.37 bits per heavy atom. The summed E-state index contributed by atoms with van der Waals surface area (Å²) >= 11 is 5.66. The highest BCUT2D eigenvalue weighted by atomic mass is 35.5. The first-order valence-electron chi connectivity index (χ1n) is 5.60. The van der Waals surface area contributed by atoms with Crippen molar-refractivity contribution in [2.24, 2.45) is 0 Å². The molecule has 2 rings (SSSR count). The van der Waals surface area contributed by atoms with E-state index in [-0.39, 0.29) is 18.0 Å². The number of benzene rings is 1. The number of carbonyl (C=O) groups excluding carboxylic acids is 1. The Bertz CT molecular complexity index is 599. The second kappa shape index (κ2) is 5.80. The summed E-state index contributed by atoms with van der Waals surface area (Å²) in [6, 6.07) is 7.59. The zero-order valence-corrected chi connectivity index (χ0v) is 10.9. The number of aromatic nitrogens is 1. The molecule has 19 heavy (non-hydrogen) atoms. The van der Waals surface area contributed by atoms with Crippen molar-refractivity contribution >= 4 is 17.4 Å². The van der Waals surface area contributed by atoms with Gasteiger partial charge in [-0.2, -0.15) is 0 Å². The normalized spacial score (nSPS) is 10.3. The molecule has 0 bridgehead atoms. The van der Waals surface area contributed by atoms with Gasteiger partial charge in [0.1, 0.15) is 23.3 Å². The standard InChI is InChI=1S/C14H11ClFNO2/c1-9(18)12-4-3-11(6-13(12)16)19-8-10-2-5-14(15)17-7-10/h2-7H,8H2,1H3. The smallest absolute Gasteiger partial charge is 0.162 e. The lowest BCUT2D eigenvalue weighted by atomic mass is 10.1. The summed E-state index contributed by atoms with van der Waals surface area (Å²) in [4.78, 5) is 15.0. The number of carbonyl (C=O) groups is 1. The fourth-order valence-corrected chi connectivity index (χ4v) is 1.64. The van der Waals surface area contributed by atoms with E-state index in [4.69, 9.17) is 16.3 Å². The summed E-state index contributed by atoms with van der Waals surface area (Å²) < 4.78 is 19.0. The van der Waals surface area contributed by atoms with Gasteiger partial charge in [0, 0.05) is 17.8 Å². The third-order valence-electron chi connectivity index (χ3n) is 2.51. The van der Waals surface area contributed by atoms with Crippen molar-refractivity contribution in [1.29, 1.82) is 0 Å². The van der Waals surface area contributed by atoms with Gasteiger partial charge < -0.3 is 4.74 Å². The summed E-state index contributed by atoms with van der Waals surface area (Å²) in [7, 11) is 0. The van der Waals surface area contributed by atoms with Gasteiger partial charge in [0.15, 0.2) is 5.78 Å². The molecule has 5 heteroatoms. The van der Waals surface area contributed by atoms with E-state index >= 15 is 0 Å². The molecule has 1 aromatic heterocycles. The highest BCUT2D eigenvalue weighted by molar-refractivity contribution is 6.29. The number of hydrogen-bond acceptors (Lipinski definition) is 3. The topological polar surface area (TPSA) is 39.2 Å². The Hall–Kier alpha value is -1.94. The van der Waals surface area contributed by atoms with Crippen LogP contribution in [-0.4, -0.2) is 10.8 Å². The van der Waals surface area contributed by atoms with Crippen LogP contribution in [0.1, 0.15) is 22.8 Å². The molecule has 0 N–H and O–H groups in total. The summed E-state index contributed by atoms with van der Waals surface area (Å²) in [6.45, 7) is 1.57. The van der Waals surface area contributed by atoms with Crippen LogP contribution < -0.4 is 4.74 Å². The summed E-state index contributed by atoms with van der Waals surface area (Å²) in [5.74, 6) is -0.539. The number of ketones is 1. The van der Waals surface area contributed by atoms with Gasteiger partial charge in [0.2, 0.25) is 0 Å². The van der Waals surface area contributed by atoms with Crippen LogP contribution in [0.4, 0.5) is 4.39 Å². The summed E-state index contributed by atoms with van der Waals surface area (Å²) in [5, 5.41) is 0.403. The predicted molar refractivity (Wildman–Crippen MR) is 70.0 cm³/mol. The molecule has 0 aliphatic heterocycles. The van der Waals surface area contributed by atoms with Gasteiger partial charge in [-0.25, -0.2) is 9.37 Å². The van der Waals surface area contributed by atoms with Crippen LogP contribution in [0.3, 0.4) is 0 Å². The zero-order chi connectivity index (χ0) is 13.8. The Labute approximate surface area is 115 Å². The van der Waals surface area contributed by atoms with Crippen molar-refractivity contribution in [2.75, 3.05) is 0 Å². The average Bonchev–Trinajstić information content (AvgIpc) is 2.37. The molecule has 0 atom stereocenters. The molecule has 3 nitrogen and oxygen atoms in total. The van der Waals surface area contributed by atoms with Crippen molar-refractivity contribution in [3.8, 4) is 5.75 Å². The van der Waals surface area contributed by atoms with Gasteiger partial charge in [0.05, 0.1) is 5.56 Å². The van der Waals surface area contributed by atoms with Crippen LogP contribution in [0.25, 0.3) is 0 Å². The first-order valence-corrected chi connectivity index (χ1v) is 5.98. The molecule has 0 radical (unpaired) electrons. The number of ether oxygens (including phenoxy) is 1. The van der Waals surface area contributed by atoms with E-state index < -0.39 is 5.82 Å². The first-order chi connectivity index (χ1) is 9.06. The van der Waals surface area contributed by atoms with Crippen molar-refractivity contribution in [3.05, 3.63) is 58.6 Å². The Morgan fingerprint density at radius 2 is 2.16 bits per heavy atom. The van der Waals surface area contributed by atoms with E-state index in [0.717, 1.165) is 5.56 Å². The second-order valence-corrected chi connectivity index (χ2v) is 4.36. The van der Waals surface area contributed by atoms with Gasteiger partial charge in [-0.3, -0.25) is 4.79 Å². The molecule has 0 aliphatic carbocycles. The van der Waals surface area contributed by atoms with Crippen molar-refractivity contribution in [1.82, 2.24) is 4.98 Å². The lowest BCUT2D eigenvalue weighted by Crippen LogP contribution is -2.00. The van der Waals surface area contributed by atoms with Gasteiger partial charge in [-0.1, -0.05) is 17.7 Å². The molecule has 2 aromatic rings. The number of halogens is 2. The maximum atomic E-state index is 13.5. The minimum absolute atomic E-state index is 0.0560. The average molecular weight is 280 g/mol. The van der Waals surface area contributed by atoms with Crippen molar-refractivity contribution in [3.63, 3.8) is 0 Å². The lowest BCUT2D eigenvalue weighted by Gasteiger charge is -2.07. The lowest BCUT2D eigenvalue weighted by molar-refractivity contribution is 0.101. The Balaban J connectivity index is 2.06. The van der Waals surface area contributed by atoms with Crippen LogP contribution in [0.15, 0.2) is 36.5 Å². The molecule has 1 heterocycles. The third kappa shape index (κ3) is 3.51. The fourth-order valence-electron chi connectivity index (χ4n) is 1.53. The van der Waals surface area contributed by atoms with Crippen LogP contribution in [0.5, 0.6) is 5.75 Å². The van der Waals surface area contributed by atoms with Crippen LogP contribution in [0.2, 0.25) is 5.15 Å². The molecule has 0 amide bonds. The first kappa shape index (κ1) is 13.5. The summed E-state index contributed by atoms with van der Waals surface area (Å²) in [6.07, 6.45) is 1.59. The van der Waals surface area contributed by atoms with Crippen LogP contribution in [-0.2, 0) is 6.61 Å². The van der Waals surface area contributed by atoms with E-state index in [1.54, 1.807) is 24.4 Å². The number of rotatable bonds is 4. The minimum atomic E-state index is -0.584. The quantitative estimate of drug-likeness (QED) is 0.633. The van der Waals surface area contributed by atoms with Gasteiger partial charge in [-0.05, 0) is 25.1 Å². The highest BCUT2D eigenvalue weighted by Crippen LogP contribution is 2.18. The van der Waals surface area contributed by atoms with Gasteiger partial charge in [0.25, 0.3) is 0 Å². The molecule has 0 fully saturated rings. The maximum absolute atomic E-state index is 13.5.